The van der Waals surface area contributed by atoms with Gasteiger partial charge < -0.3 is 15.5 Å². The smallest absolute Gasteiger partial charge is 0.134 e. The van der Waals surface area contributed by atoms with E-state index >= 15 is 0 Å². The summed E-state index contributed by atoms with van der Waals surface area (Å²) in [5, 5.41) is 0. The normalized spacial score (nSPS) is 10.8. The molecule has 5 heteroatoms. The van der Waals surface area contributed by atoms with Gasteiger partial charge in [-0.2, -0.15) is 0 Å². The molecular formula is C11H21N5. The van der Waals surface area contributed by atoms with Crippen molar-refractivity contribution in [2.75, 3.05) is 44.9 Å². The lowest BCUT2D eigenvalue weighted by Crippen LogP contribution is -2.29. The van der Waals surface area contributed by atoms with Crippen molar-refractivity contribution in [1.29, 1.82) is 0 Å². The highest BCUT2D eigenvalue weighted by molar-refractivity contribution is 5.46. The van der Waals surface area contributed by atoms with Gasteiger partial charge in [-0.1, -0.05) is 6.92 Å². The summed E-state index contributed by atoms with van der Waals surface area (Å²) < 4.78 is 0. The second kappa shape index (κ2) is 5.65. The summed E-state index contributed by atoms with van der Waals surface area (Å²) in [5.41, 5.74) is 5.74. The Morgan fingerprint density at radius 1 is 1.19 bits per heavy atom. The number of nitrogen functional groups attached to an aromatic ring is 1. The van der Waals surface area contributed by atoms with Gasteiger partial charge in [0.1, 0.15) is 17.5 Å². The van der Waals surface area contributed by atoms with Crippen molar-refractivity contribution in [3.63, 3.8) is 0 Å². The third kappa shape index (κ3) is 3.66. The summed E-state index contributed by atoms with van der Waals surface area (Å²) >= 11 is 0. The van der Waals surface area contributed by atoms with Gasteiger partial charge in [0, 0.05) is 32.6 Å². The van der Waals surface area contributed by atoms with Gasteiger partial charge in [0.15, 0.2) is 0 Å². The van der Waals surface area contributed by atoms with Crippen LogP contribution in [-0.2, 0) is 6.42 Å². The van der Waals surface area contributed by atoms with Crippen molar-refractivity contribution < 1.29 is 0 Å². The highest BCUT2D eigenvalue weighted by Crippen LogP contribution is 2.12. The molecule has 0 aliphatic rings. The molecule has 0 aliphatic heterocycles. The van der Waals surface area contributed by atoms with Crippen LogP contribution in [0.15, 0.2) is 6.07 Å². The number of anilines is 2. The highest BCUT2D eigenvalue weighted by atomic mass is 15.2. The molecule has 16 heavy (non-hydrogen) atoms. The van der Waals surface area contributed by atoms with Crippen molar-refractivity contribution >= 4 is 11.6 Å². The fourth-order valence-electron chi connectivity index (χ4n) is 1.32. The van der Waals surface area contributed by atoms with Crippen LogP contribution in [0.1, 0.15) is 12.7 Å². The molecule has 0 atom stereocenters. The number of aromatic nitrogens is 2. The van der Waals surface area contributed by atoms with E-state index in [0.29, 0.717) is 5.82 Å². The number of nitrogens with two attached hydrogens (primary N) is 1. The summed E-state index contributed by atoms with van der Waals surface area (Å²) in [5.74, 6) is 2.23. The maximum absolute atomic E-state index is 5.74. The number of rotatable bonds is 5. The zero-order valence-electron chi connectivity index (χ0n) is 10.6. The first kappa shape index (κ1) is 12.7. The monoisotopic (exact) mass is 223 g/mol. The van der Waals surface area contributed by atoms with Gasteiger partial charge in [0.05, 0.1) is 0 Å². The van der Waals surface area contributed by atoms with Crippen molar-refractivity contribution in [1.82, 2.24) is 14.9 Å². The van der Waals surface area contributed by atoms with Crippen LogP contribution in [0.25, 0.3) is 0 Å². The Kier molecular flexibility index (Phi) is 4.49. The molecule has 0 aromatic carbocycles. The van der Waals surface area contributed by atoms with Crippen LogP contribution < -0.4 is 10.6 Å². The third-order valence-corrected chi connectivity index (χ3v) is 2.37. The fraction of sp³-hybridized carbons (Fsp3) is 0.636. The number of hydrogen-bond donors (Lipinski definition) is 1. The molecule has 1 heterocycles. The van der Waals surface area contributed by atoms with Gasteiger partial charge in [-0.3, -0.25) is 0 Å². The van der Waals surface area contributed by atoms with E-state index in [1.165, 1.54) is 0 Å². The Balaban J connectivity index is 2.74. The van der Waals surface area contributed by atoms with Crippen LogP contribution in [0.2, 0.25) is 0 Å². The Morgan fingerprint density at radius 2 is 1.88 bits per heavy atom. The number of hydrogen-bond acceptors (Lipinski definition) is 5. The van der Waals surface area contributed by atoms with Crippen molar-refractivity contribution in [3.8, 4) is 0 Å². The Morgan fingerprint density at radius 3 is 2.44 bits per heavy atom. The first-order chi connectivity index (χ1) is 7.52. The molecule has 90 valence electrons. The van der Waals surface area contributed by atoms with Crippen LogP contribution in [0.3, 0.4) is 0 Å². The van der Waals surface area contributed by atoms with Crippen LogP contribution in [0.4, 0.5) is 11.6 Å². The van der Waals surface area contributed by atoms with E-state index in [1.54, 1.807) is 0 Å². The van der Waals surface area contributed by atoms with E-state index in [9.17, 15) is 0 Å². The van der Waals surface area contributed by atoms with E-state index < -0.39 is 0 Å². The number of nitrogens with zero attached hydrogens (tertiary/aromatic N) is 4. The van der Waals surface area contributed by atoms with Crippen LogP contribution >= 0.6 is 0 Å². The van der Waals surface area contributed by atoms with Gasteiger partial charge in [-0.25, -0.2) is 9.97 Å². The van der Waals surface area contributed by atoms with E-state index in [2.05, 4.69) is 33.9 Å². The minimum absolute atomic E-state index is 0.540. The highest BCUT2D eigenvalue weighted by Gasteiger charge is 2.06. The molecule has 0 fully saturated rings. The third-order valence-electron chi connectivity index (χ3n) is 2.37. The minimum Gasteiger partial charge on any atom is -0.384 e. The maximum Gasteiger partial charge on any atom is 0.134 e. The Bertz CT molecular complexity index is 337. The van der Waals surface area contributed by atoms with Gasteiger partial charge in [0.2, 0.25) is 0 Å². The van der Waals surface area contributed by atoms with Crippen LogP contribution in [0.5, 0.6) is 0 Å². The molecule has 0 aliphatic carbocycles. The molecule has 5 nitrogen and oxygen atoms in total. The second-order valence-electron chi connectivity index (χ2n) is 4.15. The average molecular weight is 223 g/mol. The van der Waals surface area contributed by atoms with E-state index in [0.717, 1.165) is 31.2 Å². The fourth-order valence-corrected chi connectivity index (χ4v) is 1.32. The average Bonchev–Trinajstić information content (AvgIpc) is 2.24. The van der Waals surface area contributed by atoms with Gasteiger partial charge >= 0.3 is 0 Å². The molecule has 1 aromatic heterocycles. The van der Waals surface area contributed by atoms with Crippen molar-refractivity contribution in [3.05, 3.63) is 11.9 Å². The van der Waals surface area contributed by atoms with Crippen LogP contribution in [0, 0.1) is 0 Å². The molecule has 0 amide bonds. The Hall–Kier alpha value is -1.36. The Labute approximate surface area is 97.3 Å². The molecule has 2 N–H and O–H groups in total. The molecule has 1 aromatic rings. The summed E-state index contributed by atoms with van der Waals surface area (Å²) in [4.78, 5) is 12.8. The molecule has 0 unspecified atom stereocenters. The molecule has 0 spiro atoms. The van der Waals surface area contributed by atoms with E-state index in [1.807, 2.05) is 20.0 Å². The van der Waals surface area contributed by atoms with E-state index in [4.69, 9.17) is 5.73 Å². The minimum atomic E-state index is 0.540. The summed E-state index contributed by atoms with van der Waals surface area (Å²) in [7, 11) is 6.13. The zero-order valence-corrected chi connectivity index (χ0v) is 10.6. The second-order valence-corrected chi connectivity index (χ2v) is 4.15. The van der Waals surface area contributed by atoms with E-state index in [-0.39, 0.29) is 0 Å². The first-order valence-corrected chi connectivity index (χ1v) is 5.52. The standard InChI is InChI=1S/C11H21N5/c1-5-10-13-9(12)8-11(14-10)16(4)7-6-15(2)3/h8H,5-7H2,1-4H3,(H2,12,13,14). The SMILES string of the molecule is CCc1nc(N)cc(N(C)CCN(C)C)n1. The lowest BCUT2D eigenvalue weighted by atomic mass is 10.4. The molecule has 0 saturated carbocycles. The molecule has 1 rings (SSSR count). The topological polar surface area (TPSA) is 58.3 Å². The van der Waals surface area contributed by atoms with Crippen molar-refractivity contribution in [2.24, 2.45) is 0 Å². The van der Waals surface area contributed by atoms with Gasteiger partial charge in [-0.15, -0.1) is 0 Å². The van der Waals surface area contributed by atoms with Gasteiger partial charge in [0.25, 0.3) is 0 Å². The predicted octanol–water partition coefficient (Wildman–Crippen LogP) is 0.619. The molecular weight excluding hydrogens is 202 g/mol. The van der Waals surface area contributed by atoms with Gasteiger partial charge in [-0.05, 0) is 14.1 Å². The molecule has 0 saturated heterocycles. The van der Waals surface area contributed by atoms with Crippen LogP contribution in [-0.4, -0.2) is 49.1 Å². The molecule has 0 radical (unpaired) electrons. The maximum atomic E-state index is 5.74. The summed E-state index contributed by atoms with van der Waals surface area (Å²) in [6.45, 7) is 3.94. The van der Waals surface area contributed by atoms with Crippen molar-refractivity contribution in [2.45, 2.75) is 13.3 Å². The quantitative estimate of drug-likeness (QED) is 0.793. The summed E-state index contributed by atoms with van der Waals surface area (Å²) in [6, 6.07) is 1.81. The zero-order chi connectivity index (χ0) is 12.1. The molecule has 0 bridgehead atoms. The lowest BCUT2D eigenvalue weighted by Gasteiger charge is -2.21. The first-order valence-electron chi connectivity index (χ1n) is 5.52. The lowest BCUT2D eigenvalue weighted by molar-refractivity contribution is 0.416. The predicted molar refractivity (Wildman–Crippen MR) is 67.6 cm³/mol. The summed E-state index contributed by atoms with van der Waals surface area (Å²) in [6.07, 6.45) is 0.805. The number of likely N-dealkylation sites (N-methyl/N-ethyl adjacent to an activating group) is 2. The number of aryl methyl sites for hydroxylation is 1. The largest absolute Gasteiger partial charge is 0.384 e.